The van der Waals surface area contributed by atoms with Crippen LogP contribution < -0.4 is 5.32 Å². The first-order chi connectivity index (χ1) is 13.8. The van der Waals surface area contributed by atoms with Crippen molar-refractivity contribution in [2.75, 3.05) is 0 Å². The Morgan fingerprint density at radius 1 is 1.21 bits per heavy atom. The smallest absolute Gasteiger partial charge is 0.242 e. The van der Waals surface area contributed by atoms with Crippen LogP contribution in [-0.2, 0) is 16.9 Å². The number of carbonyl (C=O) groups is 2. The van der Waals surface area contributed by atoms with Crippen LogP contribution >= 0.6 is 0 Å². The SMILES string of the molecule is CC(=O)c1c(C)nn(CC(=O)NC23CC4CC(C2)CC(n2cncn2)(C4)C3)c1C. The van der Waals surface area contributed by atoms with E-state index in [0.29, 0.717) is 23.1 Å². The van der Waals surface area contributed by atoms with Crippen LogP contribution in [0.5, 0.6) is 0 Å². The van der Waals surface area contributed by atoms with E-state index in [2.05, 4.69) is 20.5 Å². The highest BCUT2D eigenvalue weighted by Crippen LogP contribution is 2.60. The summed E-state index contributed by atoms with van der Waals surface area (Å²) >= 11 is 0. The van der Waals surface area contributed by atoms with E-state index in [4.69, 9.17) is 0 Å². The zero-order valence-electron chi connectivity index (χ0n) is 17.3. The first-order valence-corrected chi connectivity index (χ1v) is 10.5. The third-order valence-electron chi connectivity index (χ3n) is 7.37. The molecule has 1 amide bonds. The Balaban J connectivity index is 1.37. The van der Waals surface area contributed by atoms with Crippen molar-refractivity contribution in [2.45, 2.75) is 76.9 Å². The molecule has 4 aliphatic rings. The highest BCUT2D eigenvalue weighted by Gasteiger charge is 2.59. The predicted molar refractivity (Wildman–Crippen MR) is 105 cm³/mol. The van der Waals surface area contributed by atoms with E-state index in [1.807, 2.05) is 24.9 Å². The van der Waals surface area contributed by atoms with Gasteiger partial charge in [0, 0.05) is 11.2 Å². The second-order valence-corrected chi connectivity index (χ2v) is 9.61. The molecular formula is C21H28N6O2. The Morgan fingerprint density at radius 2 is 1.93 bits per heavy atom. The molecule has 8 heteroatoms. The van der Waals surface area contributed by atoms with E-state index in [0.717, 1.165) is 37.8 Å². The Kier molecular flexibility index (Phi) is 3.98. The van der Waals surface area contributed by atoms with E-state index in [-0.39, 0.29) is 29.3 Å². The molecule has 0 spiro atoms. The number of rotatable bonds is 5. The average Bonchev–Trinajstić information content (AvgIpc) is 3.22. The van der Waals surface area contributed by atoms with E-state index in [1.54, 1.807) is 17.9 Å². The van der Waals surface area contributed by atoms with Gasteiger partial charge in [0.25, 0.3) is 0 Å². The summed E-state index contributed by atoms with van der Waals surface area (Å²) in [6, 6.07) is 0. The summed E-state index contributed by atoms with van der Waals surface area (Å²) in [5, 5.41) is 12.3. The number of amides is 1. The average molecular weight is 396 g/mol. The molecular weight excluding hydrogens is 368 g/mol. The van der Waals surface area contributed by atoms with E-state index >= 15 is 0 Å². The van der Waals surface area contributed by atoms with Crippen molar-refractivity contribution in [1.82, 2.24) is 29.9 Å². The van der Waals surface area contributed by atoms with Crippen LogP contribution in [-0.4, -0.2) is 41.8 Å². The fraction of sp³-hybridized carbons (Fsp3) is 0.667. The normalized spacial score (nSPS) is 32.5. The molecule has 0 aromatic carbocycles. The molecule has 1 N–H and O–H groups in total. The quantitative estimate of drug-likeness (QED) is 0.782. The Morgan fingerprint density at radius 3 is 2.52 bits per heavy atom. The maximum atomic E-state index is 13.0. The molecule has 2 heterocycles. The van der Waals surface area contributed by atoms with Gasteiger partial charge in [-0.1, -0.05) is 0 Å². The second kappa shape index (κ2) is 6.24. The van der Waals surface area contributed by atoms with Crippen LogP contribution in [0.1, 0.15) is 67.2 Å². The van der Waals surface area contributed by atoms with Gasteiger partial charge >= 0.3 is 0 Å². The van der Waals surface area contributed by atoms with E-state index in [1.165, 1.54) is 6.42 Å². The molecule has 4 bridgehead atoms. The van der Waals surface area contributed by atoms with Crippen LogP contribution in [0.2, 0.25) is 0 Å². The zero-order valence-corrected chi connectivity index (χ0v) is 17.3. The number of nitrogens with zero attached hydrogens (tertiary/aromatic N) is 5. The topological polar surface area (TPSA) is 94.7 Å². The third-order valence-corrected chi connectivity index (χ3v) is 7.37. The maximum absolute atomic E-state index is 13.0. The Labute approximate surface area is 170 Å². The lowest BCUT2D eigenvalue weighted by atomic mass is 9.50. The standard InChI is InChI=1S/C21H28N6O2/c1-13-19(15(3)28)14(2)26(25-13)9-18(29)24-20-5-16-4-17(6-20)8-21(7-16,10-20)27-12-22-11-23-27/h11-12,16-17H,4-10H2,1-3H3,(H,24,29). The summed E-state index contributed by atoms with van der Waals surface area (Å²) in [6.07, 6.45) is 9.96. The van der Waals surface area contributed by atoms with Gasteiger partial charge in [-0.2, -0.15) is 10.2 Å². The summed E-state index contributed by atoms with van der Waals surface area (Å²) in [6.45, 7) is 5.36. The number of hydrogen-bond donors (Lipinski definition) is 1. The summed E-state index contributed by atoms with van der Waals surface area (Å²) in [5.74, 6) is 1.21. The van der Waals surface area contributed by atoms with Crippen LogP contribution in [0.25, 0.3) is 0 Å². The number of aryl methyl sites for hydroxylation is 1. The van der Waals surface area contributed by atoms with Gasteiger partial charge in [-0.25, -0.2) is 9.67 Å². The summed E-state index contributed by atoms with van der Waals surface area (Å²) < 4.78 is 3.71. The first kappa shape index (κ1) is 18.5. The predicted octanol–water partition coefficient (Wildman–Crippen LogP) is 2.16. The molecule has 4 saturated carbocycles. The van der Waals surface area contributed by atoms with Gasteiger partial charge in [-0.15, -0.1) is 0 Å². The van der Waals surface area contributed by atoms with Gasteiger partial charge in [0.15, 0.2) is 5.78 Å². The molecule has 2 aromatic heterocycles. The number of hydrogen-bond acceptors (Lipinski definition) is 5. The molecule has 0 aliphatic heterocycles. The van der Waals surface area contributed by atoms with Crippen molar-refractivity contribution in [1.29, 1.82) is 0 Å². The molecule has 2 atom stereocenters. The number of ketones is 1. The molecule has 0 saturated heterocycles. The lowest BCUT2D eigenvalue weighted by Gasteiger charge is -2.61. The highest BCUT2D eigenvalue weighted by molar-refractivity contribution is 5.96. The van der Waals surface area contributed by atoms with Crippen molar-refractivity contribution >= 4 is 11.7 Å². The maximum Gasteiger partial charge on any atom is 0.242 e. The van der Waals surface area contributed by atoms with Crippen molar-refractivity contribution in [3.63, 3.8) is 0 Å². The highest BCUT2D eigenvalue weighted by atomic mass is 16.2. The number of aromatic nitrogens is 5. The number of carbonyl (C=O) groups excluding carboxylic acids is 2. The van der Waals surface area contributed by atoms with Gasteiger partial charge < -0.3 is 5.32 Å². The molecule has 6 rings (SSSR count). The van der Waals surface area contributed by atoms with Gasteiger partial charge in [-0.3, -0.25) is 14.3 Å². The van der Waals surface area contributed by atoms with Crippen LogP contribution in [0.3, 0.4) is 0 Å². The monoisotopic (exact) mass is 396 g/mol. The molecule has 4 aliphatic carbocycles. The summed E-state index contributed by atoms with van der Waals surface area (Å²) in [5.41, 5.74) is 1.87. The largest absolute Gasteiger partial charge is 0.349 e. The first-order valence-electron chi connectivity index (χ1n) is 10.5. The molecule has 2 aromatic rings. The third kappa shape index (κ3) is 2.91. The van der Waals surface area contributed by atoms with Crippen LogP contribution in [0.15, 0.2) is 12.7 Å². The van der Waals surface area contributed by atoms with Crippen LogP contribution in [0, 0.1) is 25.7 Å². The zero-order chi connectivity index (χ0) is 20.4. The lowest BCUT2D eigenvalue weighted by molar-refractivity contribution is -0.131. The number of nitrogens with one attached hydrogen (secondary N) is 1. The Bertz CT molecular complexity index is 962. The van der Waals surface area contributed by atoms with Crippen molar-refractivity contribution in [3.8, 4) is 0 Å². The van der Waals surface area contributed by atoms with Gasteiger partial charge in [-0.05, 0) is 71.1 Å². The minimum atomic E-state index is -0.174. The molecule has 29 heavy (non-hydrogen) atoms. The number of Topliss-reactive ketones (excluding diaryl/α,β-unsaturated/α-hetero) is 1. The summed E-state index contributed by atoms with van der Waals surface area (Å²) in [4.78, 5) is 29.1. The van der Waals surface area contributed by atoms with Crippen molar-refractivity contribution < 1.29 is 9.59 Å². The molecule has 2 unspecified atom stereocenters. The van der Waals surface area contributed by atoms with E-state index < -0.39 is 0 Å². The second-order valence-electron chi connectivity index (χ2n) is 9.61. The molecule has 0 radical (unpaired) electrons. The van der Waals surface area contributed by atoms with Gasteiger partial charge in [0.05, 0.1) is 16.8 Å². The molecule has 154 valence electrons. The minimum Gasteiger partial charge on any atom is -0.349 e. The Hall–Kier alpha value is -2.51. The summed E-state index contributed by atoms with van der Waals surface area (Å²) in [7, 11) is 0. The molecule has 4 fully saturated rings. The molecule has 8 nitrogen and oxygen atoms in total. The van der Waals surface area contributed by atoms with Gasteiger partial charge in [0.1, 0.15) is 19.2 Å². The van der Waals surface area contributed by atoms with Gasteiger partial charge in [0.2, 0.25) is 5.91 Å². The fourth-order valence-electron chi connectivity index (χ4n) is 6.91. The van der Waals surface area contributed by atoms with E-state index in [9.17, 15) is 9.59 Å². The van der Waals surface area contributed by atoms with Crippen LogP contribution in [0.4, 0.5) is 0 Å². The minimum absolute atomic E-state index is 0.0116. The van der Waals surface area contributed by atoms with Crippen molar-refractivity contribution in [2.24, 2.45) is 11.8 Å². The van der Waals surface area contributed by atoms with Crippen molar-refractivity contribution in [3.05, 3.63) is 29.6 Å². The fourth-order valence-corrected chi connectivity index (χ4v) is 6.91. The lowest BCUT2D eigenvalue weighted by Crippen LogP contribution is -2.66.